The van der Waals surface area contributed by atoms with Crippen LogP contribution in [0.2, 0.25) is 5.02 Å². The van der Waals surface area contributed by atoms with Crippen LogP contribution in [0.1, 0.15) is 16.7 Å². The minimum atomic E-state index is -4.57. The summed E-state index contributed by atoms with van der Waals surface area (Å²) in [5.41, 5.74) is 1.04. The Morgan fingerprint density at radius 2 is 1.85 bits per heavy atom. The number of thioether (sulfide) groups is 1. The Balaban J connectivity index is 1.85. The van der Waals surface area contributed by atoms with Crippen LogP contribution in [0.3, 0.4) is 0 Å². The molecule has 3 nitrogen and oxygen atoms in total. The molecule has 0 bridgehead atoms. The fourth-order valence-electron chi connectivity index (χ4n) is 2.21. The predicted molar refractivity (Wildman–Crippen MR) is 98.4 cm³/mol. The van der Waals surface area contributed by atoms with E-state index in [0.717, 1.165) is 35.0 Å². The molecule has 0 atom stereocenters. The van der Waals surface area contributed by atoms with Gasteiger partial charge in [0.25, 0.3) is 5.91 Å². The number of rotatable bonds is 2. The van der Waals surface area contributed by atoms with Gasteiger partial charge in [-0.1, -0.05) is 41.4 Å². The smallest absolute Gasteiger partial charge is 0.300 e. The topological polar surface area (TPSA) is 41.5 Å². The van der Waals surface area contributed by atoms with Crippen LogP contribution in [0.25, 0.3) is 6.08 Å². The Bertz CT molecular complexity index is 921. The summed E-state index contributed by atoms with van der Waals surface area (Å²) in [6, 6.07) is 10.9. The number of benzene rings is 2. The van der Waals surface area contributed by atoms with Gasteiger partial charge in [0.1, 0.15) is 0 Å². The van der Waals surface area contributed by atoms with E-state index in [1.165, 1.54) is 6.07 Å². The van der Waals surface area contributed by atoms with Gasteiger partial charge in [0.15, 0.2) is 5.17 Å². The molecule has 1 N–H and O–H groups in total. The summed E-state index contributed by atoms with van der Waals surface area (Å²) in [4.78, 5) is 16.5. The highest BCUT2D eigenvalue weighted by atomic mass is 35.5. The maximum atomic E-state index is 12.9. The van der Waals surface area contributed by atoms with E-state index in [0.29, 0.717) is 4.91 Å². The first-order valence-corrected chi connectivity index (χ1v) is 8.65. The highest BCUT2D eigenvalue weighted by molar-refractivity contribution is 8.18. The summed E-state index contributed by atoms with van der Waals surface area (Å²) in [6.45, 7) is 1.96. The lowest BCUT2D eigenvalue weighted by molar-refractivity contribution is -0.137. The number of aliphatic imine (C=N–C) groups is 1. The quantitative estimate of drug-likeness (QED) is 0.675. The van der Waals surface area contributed by atoms with Gasteiger partial charge in [0.05, 0.1) is 21.2 Å². The number of carbonyl (C=O) groups is 1. The van der Waals surface area contributed by atoms with Crippen LogP contribution in [0.15, 0.2) is 52.4 Å². The van der Waals surface area contributed by atoms with E-state index in [9.17, 15) is 18.0 Å². The van der Waals surface area contributed by atoms with E-state index < -0.39 is 16.8 Å². The third kappa shape index (κ3) is 4.28. The standard InChI is InChI=1S/C18H12ClF3N2OS/c1-10-2-4-11(5-3-10)8-15-16(25)24-17(26-15)23-12-6-7-14(19)13(9-12)18(20,21)22/h2-9H,1H3,(H,23,24,25). The van der Waals surface area contributed by atoms with Crippen molar-refractivity contribution in [1.29, 1.82) is 0 Å². The Morgan fingerprint density at radius 3 is 2.50 bits per heavy atom. The second-order valence-electron chi connectivity index (χ2n) is 5.55. The molecule has 134 valence electrons. The summed E-state index contributed by atoms with van der Waals surface area (Å²) in [7, 11) is 0. The monoisotopic (exact) mass is 396 g/mol. The molecule has 0 saturated carbocycles. The van der Waals surface area contributed by atoms with Crippen molar-refractivity contribution in [1.82, 2.24) is 5.32 Å². The first-order chi connectivity index (χ1) is 12.2. The fraction of sp³-hybridized carbons (Fsp3) is 0.111. The van der Waals surface area contributed by atoms with E-state index in [4.69, 9.17) is 11.6 Å². The summed E-state index contributed by atoms with van der Waals surface area (Å²) in [5, 5.41) is 2.36. The molecule has 3 rings (SSSR count). The van der Waals surface area contributed by atoms with Gasteiger partial charge in [-0.2, -0.15) is 13.2 Å². The Hall–Kier alpha value is -2.25. The number of nitrogens with one attached hydrogen (secondary N) is 1. The minimum absolute atomic E-state index is 0.0566. The molecule has 1 heterocycles. The largest absolute Gasteiger partial charge is 0.417 e. The van der Waals surface area contributed by atoms with Crippen molar-refractivity contribution in [3.05, 3.63) is 69.1 Å². The number of alkyl halides is 3. The SMILES string of the molecule is Cc1ccc(C=C2SC(=Nc3ccc(Cl)c(C(F)(F)F)c3)NC2=O)cc1. The van der Waals surface area contributed by atoms with Crippen LogP contribution in [0.4, 0.5) is 18.9 Å². The normalized spacial score (nSPS) is 17.8. The molecule has 1 fully saturated rings. The number of aryl methyl sites for hydroxylation is 1. The lowest BCUT2D eigenvalue weighted by Crippen LogP contribution is -2.19. The van der Waals surface area contributed by atoms with Gasteiger partial charge in [-0.15, -0.1) is 0 Å². The molecule has 8 heteroatoms. The molecule has 0 radical (unpaired) electrons. The van der Waals surface area contributed by atoms with Crippen LogP contribution >= 0.6 is 23.4 Å². The van der Waals surface area contributed by atoms with Crippen LogP contribution < -0.4 is 5.32 Å². The Labute approximate surface area is 157 Å². The van der Waals surface area contributed by atoms with Crippen LogP contribution in [0.5, 0.6) is 0 Å². The average molecular weight is 397 g/mol. The minimum Gasteiger partial charge on any atom is -0.300 e. The Kier molecular flexibility index (Phi) is 5.11. The second-order valence-corrected chi connectivity index (χ2v) is 6.99. The van der Waals surface area contributed by atoms with Gasteiger partial charge in [-0.05, 0) is 48.5 Å². The fourth-order valence-corrected chi connectivity index (χ4v) is 3.28. The number of hydrogen-bond acceptors (Lipinski definition) is 3. The van der Waals surface area contributed by atoms with Crippen molar-refractivity contribution < 1.29 is 18.0 Å². The highest BCUT2D eigenvalue weighted by Crippen LogP contribution is 2.37. The first-order valence-electron chi connectivity index (χ1n) is 7.45. The number of nitrogens with zero attached hydrogens (tertiary/aromatic N) is 1. The second kappa shape index (κ2) is 7.17. The van der Waals surface area contributed by atoms with Gasteiger partial charge in [-0.3, -0.25) is 4.79 Å². The molecule has 0 aromatic heterocycles. The summed E-state index contributed by atoms with van der Waals surface area (Å²) in [5.74, 6) is -0.348. The molecule has 1 aliphatic rings. The van der Waals surface area contributed by atoms with Crippen molar-refractivity contribution in [2.75, 3.05) is 0 Å². The van der Waals surface area contributed by atoms with Crippen LogP contribution in [-0.2, 0) is 11.0 Å². The van der Waals surface area contributed by atoms with Crippen molar-refractivity contribution >= 4 is 46.2 Å². The summed E-state index contributed by atoms with van der Waals surface area (Å²) < 4.78 is 38.8. The van der Waals surface area contributed by atoms with Gasteiger partial charge in [0, 0.05) is 0 Å². The van der Waals surface area contributed by atoms with Gasteiger partial charge in [0.2, 0.25) is 0 Å². The van der Waals surface area contributed by atoms with Crippen LogP contribution in [0, 0.1) is 6.92 Å². The molecule has 0 aliphatic carbocycles. The number of amidine groups is 1. The maximum Gasteiger partial charge on any atom is 0.417 e. The number of halogens is 4. The summed E-state index contributed by atoms with van der Waals surface area (Å²) in [6.07, 6.45) is -2.87. The van der Waals surface area contributed by atoms with Crippen molar-refractivity contribution in [2.45, 2.75) is 13.1 Å². The van der Waals surface area contributed by atoms with Crippen LogP contribution in [-0.4, -0.2) is 11.1 Å². The van der Waals surface area contributed by atoms with E-state index in [2.05, 4.69) is 10.3 Å². The zero-order valence-corrected chi connectivity index (χ0v) is 15.0. The molecular weight excluding hydrogens is 385 g/mol. The van der Waals surface area contributed by atoms with Gasteiger partial charge < -0.3 is 5.32 Å². The van der Waals surface area contributed by atoms with Crippen molar-refractivity contribution in [3.8, 4) is 0 Å². The van der Waals surface area contributed by atoms with E-state index in [-0.39, 0.29) is 16.8 Å². The molecule has 2 aromatic rings. The average Bonchev–Trinajstić information content (AvgIpc) is 2.90. The molecule has 2 aromatic carbocycles. The molecule has 26 heavy (non-hydrogen) atoms. The molecular formula is C18H12ClF3N2OS. The number of amides is 1. The molecule has 1 aliphatic heterocycles. The third-order valence-electron chi connectivity index (χ3n) is 3.51. The van der Waals surface area contributed by atoms with E-state index >= 15 is 0 Å². The molecule has 1 saturated heterocycles. The zero-order chi connectivity index (χ0) is 18.9. The molecule has 1 amide bonds. The van der Waals surface area contributed by atoms with Gasteiger partial charge >= 0.3 is 6.18 Å². The van der Waals surface area contributed by atoms with Crippen molar-refractivity contribution in [2.24, 2.45) is 4.99 Å². The number of carbonyl (C=O) groups excluding carboxylic acids is 1. The lowest BCUT2D eigenvalue weighted by atomic mass is 10.1. The maximum absolute atomic E-state index is 12.9. The Morgan fingerprint density at radius 1 is 1.15 bits per heavy atom. The summed E-state index contributed by atoms with van der Waals surface area (Å²) >= 11 is 6.66. The predicted octanol–water partition coefficient (Wildman–Crippen LogP) is 5.56. The molecule has 0 unspecified atom stereocenters. The third-order valence-corrected chi connectivity index (χ3v) is 4.75. The van der Waals surface area contributed by atoms with Crippen molar-refractivity contribution in [3.63, 3.8) is 0 Å². The van der Waals surface area contributed by atoms with E-state index in [1.54, 1.807) is 6.08 Å². The lowest BCUT2D eigenvalue weighted by Gasteiger charge is -2.09. The highest BCUT2D eigenvalue weighted by Gasteiger charge is 2.33. The number of hydrogen-bond donors (Lipinski definition) is 1. The van der Waals surface area contributed by atoms with Gasteiger partial charge in [-0.25, -0.2) is 4.99 Å². The molecule has 0 spiro atoms. The first kappa shape index (κ1) is 18.5. The zero-order valence-electron chi connectivity index (χ0n) is 13.4. The van der Waals surface area contributed by atoms with E-state index in [1.807, 2.05) is 31.2 Å².